The van der Waals surface area contributed by atoms with Crippen LogP contribution in [0.3, 0.4) is 0 Å². The summed E-state index contributed by atoms with van der Waals surface area (Å²) in [7, 11) is 1.70. The molecule has 0 aromatic heterocycles. The molecular formula is C18H27N3O3. The first-order valence-corrected chi connectivity index (χ1v) is 8.41. The van der Waals surface area contributed by atoms with E-state index >= 15 is 0 Å². The number of rotatable bonds is 6. The predicted octanol–water partition coefficient (Wildman–Crippen LogP) is 2.16. The predicted molar refractivity (Wildman–Crippen MR) is 95.4 cm³/mol. The second-order valence-electron chi connectivity index (χ2n) is 6.53. The molecule has 0 spiro atoms. The Kier molecular flexibility index (Phi) is 5.49. The maximum atomic E-state index is 12.8. The molecule has 6 heteroatoms. The highest BCUT2D eigenvalue weighted by Gasteiger charge is 2.45. The third kappa shape index (κ3) is 3.24. The number of benzene rings is 1. The minimum atomic E-state index is -1.09. The van der Waals surface area contributed by atoms with Crippen molar-refractivity contribution in [1.82, 2.24) is 0 Å². The second kappa shape index (κ2) is 7.21. The van der Waals surface area contributed by atoms with E-state index in [0.717, 1.165) is 18.5 Å². The molecule has 2 amide bonds. The van der Waals surface area contributed by atoms with E-state index in [2.05, 4.69) is 0 Å². The van der Waals surface area contributed by atoms with Crippen molar-refractivity contribution in [2.45, 2.75) is 33.6 Å². The summed E-state index contributed by atoms with van der Waals surface area (Å²) >= 11 is 0. The molecule has 0 saturated heterocycles. The van der Waals surface area contributed by atoms with Crippen molar-refractivity contribution in [1.29, 1.82) is 0 Å². The van der Waals surface area contributed by atoms with Crippen LogP contribution in [0.5, 0.6) is 5.75 Å². The zero-order valence-corrected chi connectivity index (χ0v) is 15.0. The third-order valence-corrected chi connectivity index (χ3v) is 4.40. The first kappa shape index (κ1) is 18.3. The smallest absolute Gasteiger partial charge is 0.242 e. The highest BCUT2D eigenvalue weighted by molar-refractivity contribution is 6.19. The molecule has 1 aliphatic rings. The zero-order chi connectivity index (χ0) is 17.9. The lowest BCUT2D eigenvalue weighted by Crippen LogP contribution is -2.47. The van der Waals surface area contributed by atoms with Gasteiger partial charge in [0.05, 0.1) is 18.0 Å². The summed E-state index contributed by atoms with van der Waals surface area (Å²) in [5.74, 6) is 0.288. The molecule has 0 radical (unpaired) electrons. The number of amides is 2. The summed E-state index contributed by atoms with van der Waals surface area (Å²) in [6, 6.07) is 5.51. The van der Waals surface area contributed by atoms with E-state index in [9.17, 15) is 9.59 Å². The minimum Gasteiger partial charge on any atom is -0.494 e. The zero-order valence-electron chi connectivity index (χ0n) is 15.0. The Morgan fingerprint density at radius 2 is 1.83 bits per heavy atom. The summed E-state index contributed by atoms with van der Waals surface area (Å²) in [6.07, 6.45) is 1.80. The molecule has 6 nitrogen and oxygen atoms in total. The lowest BCUT2D eigenvalue weighted by atomic mass is 9.90. The summed E-state index contributed by atoms with van der Waals surface area (Å²) in [6.45, 7) is 6.99. The molecule has 24 heavy (non-hydrogen) atoms. The lowest BCUT2D eigenvalue weighted by Gasteiger charge is -2.27. The molecule has 0 aliphatic carbocycles. The van der Waals surface area contributed by atoms with Gasteiger partial charge in [-0.25, -0.2) is 0 Å². The van der Waals surface area contributed by atoms with Crippen molar-refractivity contribution in [3.8, 4) is 5.75 Å². The second-order valence-corrected chi connectivity index (χ2v) is 6.53. The van der Waals surface area contributed by atoms with Gasteiger partial charge in [0.2, 0.25) is 11.8 Å². The van der Waals surface area contributed by atoms with Gasteiger partial charge in [0.15, 0.2) is 0 Å². The van der Waals surface area contributed by atoms with E-state index in [4.69, 9.17) is 10.5 Å². The average Bonchev–Trinajstić information content (AvgIpc) is 2.62. The Morgan fingerprint density at radius 1 is 1.12 bits per heavy atom. The van der Waals surface area contributed by atoms with Crippen LogP contribution in [0.4, 0.5) is 11.4 Å². The number of unbranched alkanes of at least 4 members (excludes halogenated alkanes) is 1. The van der Waals surface area contributed by atoms with Crippen molar-refractivity contribution in [2.75, 3.05) is 36.5 Å². The van der Waals surface area contributed by atoms with Gasteiger partial charge in [0.25, 0.3) is 0 Å². The van der Waals surface area contributed by atoms with E-state index in [1.165, 1.54) is 0 Å². The Morgan fingerprint density at radius 3 is 2.46 bits per heavy atom. The molecule has 0 unspecified atom stereocenters. The quantitative estimate of drug-likeness (QED) is 0.639. The molecule has 132 valence electrons. The van der Waals surface area contributed by atoms with Crippen LogP contribution >= 0.6 is 0 Å². The number of nitrogens with two attached hydrogens (primary N) is 1. The van der Waals surface area contributed by atoms with Crippen molar-refractivity contribution < 1.29 is 14.3 Å². The molecule has 0 atom stereocenters. The van der Waals surface area contributed by atoms with Gasteiger partial charge in [-0.15, -0.1) is 0 Å². The van der Waals surface area contributed by atoms with Crippen LogP contribution < -0.4 is 20.3 Å². The van der Waals surface area contributed by atoms with Crippen LogP contribution in [0.15, 0.2) is 18.2 Å². The number of fused-ring (bicyclic) bond motifs is 1. The fourth-order valence-corrected chi connectivity index (χ4v) is 2.91. The number of nitrogens with zero attached hydrogens (tertiary/aromatic N) is 2. The number of hydrogen-bond acceptors (Lipinski definition) is 4. The molecule has 1 aromatic rings. The maximum Gasteiger partial charge on any atom is 0.242 e. The monoisotopic (exact) mass is 333 g/mol. The van der Waals surface area contributed by atoms with Gasteiger partial charge in [0, 0.05) is 19.7 Å². The Bertz CT molecular complexity index is 628. The number of carbonyl (C=O) groups excluding carboxylic acids is 2. The van der Waals surface area contributed by atoms with E-state index < -0.39 is 5.41 Å². The lowest BCUT2D eigenvalue weighted by molar-refractivity contribution is -0.137. The Hall–Kier alpha value is -2.08. The topological polar surface area (TPSA) is 75.9 Å². The first-order valence-electron chi connectivity index (χ1n) is 8.41. The number of carbonyl (C=O) groups is 2. The highest BCUT2D eigenvalue weighted by atomic mass is 16.5. The molecule has 2 rings (SSSR count). The molecule has 1 aliphatic heterocycles. The summed E-state index contributed by atoms with van der Waals surface area (Å²) in [5.41, 5.74) is 5.82. The maximum absolute atomic E-state index is 12.8. The standard InChI is InChI=1S/C18H27N3O3/c1-5-21-14-9-8-13(24-11-7-6-10-19)12-15(14)20(4)16(22)18(2,3)17(21)23/h8-9,12H,5-7,10-11,19H2,1-4H3. The Labute approximate surface area is 143 Å². The van der Waals surface area contributed by atoms with Crippen LogP contribution in [0.1, 0.15) is 33.6 Å². The van der Waals surface area contributed by atoms with Gasteiger partial charge in [-0.05, 0) is 52.3 Å². The van der Waals surface area contributed by atoms with Gasteiger partial charge < -0.3 is 20.3 Å². The van der Waals surface area contributed by atoms with Gasteiger partial charge >= 0.3 is 0 Å². The molecule has 1 aromatic carbocycles. The summed E-state index contributed by atoms with van der Waals surface area (Å²) in [4.78, 5) is 28.7. The van der Waals surface area contributed by atoms with Crippen LogP contribution in [0.25, 0.3) is 0 Å². The van der Waals surface area contributed by atoms with Gasteiger partial charge in [-0.1, -0.05) is 0 Å². The molecule has 0 bridgehead atoms. The van der Waals surface area contributed by atoms with E-state index in [1.54, 1.807) is 30.7 Å². The molecular weight excluding hydrogens is 306 g/mol. The van der Waals surface area contributed by atoms with Gasteiger partial charge in [0.1, 0.15) is 11.2 Å². The molecule has 0 saturated carbocycles. The summed E-state index contributed by atoms with van der Waals surface area (Å²) < 4.78 is 5.75. The number of ether oxygens (including phenoxy) is 1. The van der Waals surface area contributed by atoms with Crippen LogP contribution in [0, 0.1) is 5.41 Å². The average molecular weight is 333 g/mol. The number of anilines is 2. The minimum absolute atomic E-state index is 0.183. The van der Waals surface area contributed by atoms with Crippen LogP contribution in [-0.2, 0) is 9.59 Å². The van der Waals surface area contributed by atoms with E-state index in [-0.39, 0.29) is 11.8 Å². The Balaban J connectivity index is 2.37. The van der Waals surface area contributed by atoms with Crippen molar-refractivity contribution in [3.63, 3.8) is 0 Å². The molecule has 1 heterocycles. The van der Waals surface area contributed by atoms with E-state index in [1.807, 2.05) is 25.1 Å². The number of hydrogen-bond donors (Lipinski definition) is 1. The van der Waals surface area contributed by atoms with Gasteiger partial charge in [-0.3, -0.25) is 9.59 Å². The first-order chi connectivity index (χ1) is 11.3. The van der Waals surface area contributed by atoms with Crippen LogP contribution in [0.2, 0.25) is 0 Å². The highest BCUT2D eigenvalue weighted by Crippen LogP contribution is 2.40. The van der Waals surface area contributed by atoms with Crippen LogP contribution in [-0.4, -0.2) is 38.6 Å². The van der Waals surface area contributed by atoms with Crippen molar-refractivity contribution in [2.24, 2.45) is 11.1 Å². The summed E-state index contributed by atoms with van der Waals surface area (Å²) in [5, 5.41) is 0. The third-order valence-electron chi connectivity index (χ3n) is 4.40. The fourth-order valence-electron chi connectivity index (χ4n) is 2.91. The van der Waals surface area contributed by atoms with Crippen molar-refractivity contribution in [3.05, 3.63) is 18.2 Å². The molecule has 0 fully saturated rings. The van der Waals surface area contributed by atoms with Crippen molar-refractivity contribution >= 4 is 23.2 Å². The normalized spacial score (nSPS) is 16.9. The largest absolute Gasteiger partial charge is 0.494 e. The van der Waals surface area contributed by atoms with E-state index in [0.29, 0.717) is 31.1 Å². The SMILES string of the molecule is CCN1C(=O)C(C)(C)C(=O)N(C)c2cc(OCCCCN)ccc21. The fraction of sp³-hybridized carbons (Fsp3) is 0.556. The van der Waals surface area contributed by atoms with Gasteiger partial charge in [-0.2, -0.15) is 0 Å². The molecule has 2 N–H and O–H groups in total.